The van der Waals surface area contributed by atoms with E-state index in [9.17, 15) is 5.11 Å². The highest BCUT2D eigenvalue weighted by atomic mass is 16.3. The van der Waals surface area contributed by atoms with Crippen LogP contribution in [0.15, 0.2) is 0 Å². The lowest BCUT2D eigenvalue weighted by molar-refractivity contribution is -0.126. The Morgan fingerprint density at radius 2 is 1.77 bits per heavy atom. The zero-order valence-electron chi connectivity index (χ0n) is 8.92. The van der Waals surface area contributed by atoms with E-state index < -0.39 is 0 Å². The molecule has 2 aliphatic carbocycles. The summed E-state index contributed by atoms with van der Waals surface area (Å²) in [6, 6.07) is 0. The molecule has 1 N–H and O–H groups in total. The molecular formula is C12H22O. The Labute approximate surface area is 81.5 Å². The first-order valence-corrected chi connectivity index (χ1v) is 5.82. The number of aliphatic hydroxyl groups is 1. The van der Waals surface area contributed by atoms with Crippen LogP contribution in [-0.2, 0) is 0 Å². The Kier molecular flexibility index (Phi) is 2.39. The third-order valence-corrected chi connectivity index (χ3v) is 4.10. The van der Waals surface area contributed by atoms with E-state index in [1.165, 1.54) is 25.7 Å². The summed E-state index contributed by atoms with van der Waals surface area (Å²) in [5, 5.41) is 10.3. The maximum absolute atomic E-state index is 10.3. The average Bonchev–Trinajstić information content (AvgIpc) is 2.02. The van der Waals surface area contributed by atoms with Gasteiger partial charge in [0.25, 0.3) is 0 Å². The molecule has 0 bridgehead atoms. The maximum Gasteiger partial charge on any atom is 0.0681 e. The molecule has 2 unspecified atom stereocenters. The van der Waals surface area contributed by atoms with Gasteiger partial charge in [-0.3, -0.25) is 0 Å². The molecule has 0 aromatic carbocycles. The summed E-state index contributed by atoms with van der Waals surface area (Å²) < 4.78 is 0. The third-order valence-electron chi connectivity index (χ3n) is 4.10. The molecule has 0 heterocycles. The Hall–Kier alpha value is -0.0400. The zero-order chi connectivity index (χ0) is 9.47. The second kappa shape index (κ2) is 3.27. The summed E-state index contributed by atoms with van der Waals surface area (Å²) in [6.45, 7) is 4.58. The van der Waals surface area contributed by atoms with Gasteiger partial charge in [-0.15, -0.1) is 0 Å². The van der Waals surface area contributed by atoms with Crippen LogP contribution >= 0.6 is 0 Å². The van der Waals surface area contributed by atoms with Gasteiger partial charge in [-0.2, -0.15) is 0 Å². The van der Waals surface area contributed by atoms with Gasteiger partial charge in [0.2, 0.25) is 0 Å². The Balaban J connectivity index is 1.92. The molecule has 1 nitrogen and oxygen atoms in total. The molecule has 0 aliphatic heterocycles. The minimum atomic E-state index is -0.256. The molecule has 1 heteroatoms. The molecule has 0 aromatic rings. The molecule has 0 spiro atoms. The highest BCUT2D eigenvalue weighted by Gasteiger charge is 2.46. The van der Waals surface area contributed by atoms with E-state index >= 15 is 0 Å². The maximum atomic E-state index is 10.3. The lowest BCUT2D eigenvalue weighted by atomic mass is 9.60. The predicted molar refractivity (Wildman–Crippen MR) is 54.5 cm³/mol. The Bertz CT molecular complexity index is 182. The molecule has 2 atom stereocenters. The van der Waals surface area contributed by atoms with Gasteiger partial charge in [0, 0.05) is 0 Å². The smallest absolute Gasteiger partial charge is 0.0681 e. The van der Waals surface area contributed by atoms with Crippen LogP contribution in [0.3, 0.4) is 0 Å². The molecule has 2 aliphatic rings. The topological polar surface area (TPSA) is 20.2 Å². The van der Waals surface area contributed by atoms with Crippen molar-refractivity contribution in [1.29, 1.82) is 0 Å². The predicted octanol–water partition coefficient (Wildman–Crippen LogP) is 2.97. The first-order valence-electron chi connectivity index (χ1n) is 5.82. The quantitative estimate of drug-likeness (QED) is 0.661. The SMILES string of the molecule is CC1CCCC(C2(O)CC(C)C2)C1. The highest BCUT2D eigenvalue weighted by molar-refractivity contribution is 4.98. The Morgan fingerprint density at radius 1 is 1.08 bits per heavy atom. The fourth-order valence-electron chi connectivity index (χ4n) is 3.40. The monoisotopic (exact) mass is 182 g/mol. The summed E-state index contributed by atoms with van der Waals surface area (Å²) >= 11 is 0. The first kappa shape index (κ1) is 9.51. The minimum Gasteiger partial charge on any atom is -0.390 e. The van der Waals surface area contributed by atoms with Crippen LogP contribution in [0, 0.1) is 17.8 Å². The summed E-state index contributed by atoms with van der Waals surface area (Å²) in [4.78, 5) is 0. The van der Waals surface area contributed by atoms with Crippen molar-refractivity contribution in [3.63, 3.8) is 0 Å². The number of rotatable bonds is 1. The second-order valence-corrected chi connectivity index (χ2v) is 5.59. The highest BCUT2D eigenvalue weighted by Crippen LogP contribution is 2.48. The summed E-state index contributed by atoms with van der Waals surface area (Å²) in [5.74, 6) is 2.23. The van der Waals surface area contributed by atoms with Gasteiger partial charge in [0.15, 0.2) is 0 Å². The third kappa shape index (κ3) is 1.76. The van der Waals surface area contributed by atoms with Gasteiger partial charge < -0.3 is 5.11 Å². The molecule has 2 rings (SSSR count). The van der Waals surface area contributed by atoms with E-state index in [4.69, 9.17) is 0 Å². The van der Waals surface area contributed by atoms with Crippen molar-refractivity contribution in [2.45, 2.75) is 58.0 Å². The van der Waals surface area contributed by atoms with E-state index in [0.717, 1.165) is 24.7 Å². The molecule has 0 saturated heterocycles. The first-order chi connectivity index (χ1) is 6.10. The molecular weight excluding hydrogens is 160 g/mol. The molecule has 0 amide bonds. The van der Waals surface area contributed by atoms with Crippen molar-refractivity contribution in [1.82, 2.24) is 0 Å². The van der Waals surface area contributed by atoms with Crippen molar-refractivity contribution < 1.29 is 5.11 Å². The number of hydrogen-bond acceptors (Lipinski definition) is 1. The van der Waals surface area contributed by atoms with Crippen LogP contribution in [0.2, 0.25) is 0 Å². The van der Waals surface area contributed by atoms with Gasteiger partial charge in [0.1, 0.15) is 0 Å². The summed E-state index contributed by atoms with van der Waals surface area (Å²) in [6.07, 6.45) is 7.37. The fourth-order valence-corrected chi connectivity index (χ4v) is 3.40. The Morgan fingerprint density at radius 3 is 2.31 bits per heavy atom. The van der Waals surface area contributed by atoms with Crippen molar-refractivity contribution in [2.24, 2.45) is 17.8 Å². The van der Waals surface area contributed by atoms with Crippen molar-refractivity contribution in [3.8, 4) is 0 Å². The minimum absolute atomic E-state index is 0.256. The van der Waals surface area contributed by atoms with Crippen LogP contribution in [0.1, 0.15) is 52.4 Å². The average molecular weight is 182 g/mol. The van der Waals surface area contributed by atoms with Gasteiger partial charge in [-0.05, 0) is 43.4 Å². The van der Waals surface area contributed by atoms with Crippen LogP contribution in [0.25, 0.3) is 0 Å². The molecule has 13 heavy (non-hydrogen) atoms. The van der Waals surface area contributed by atoms with Crippen molar-refractivity contribution in [3.05, 3.63) is 0 Å². The largest absolute Gasteiger partial charge is 0.390 e. The second-order valence-electron chi connectivity index (χ2n) is 5.59. The van der Waals surface area contributed by atoms with Crippen molar-refractivity contribution >= 4 is 0 Å². The van der Waals surface area contributed by atoms with E-state index in [1.54, 1.807) is 0 Å². The van der Waals surface area contributed by atoms with Gasteiger partial charge in [-0.25, -0.2) is 0 Å². The lowest BCUT2D eigenvalue weighted by Crippen LogP contribution is -2.50. The zero-order valence-corrected chi connectivity index (χ0v) is 8.92. The summed E-state index contributed by atoms with van der Waals surface area (Å²) in [7, 11) is 0. The molecule has 0 aromatic heterocycles. The van der Waals surface area contributed by atoms with E-state index in [1.807, 2.05) is 0 Å². The molecule has 0 radical (unpaired) electrons. The normalized spacial score (nSPS) is 51.5. The van der Waals surface area contributed by atoms with E-state index in [2.05, 4.69) is 13.8 Å². The van der Waals surface area contributed by atoms with E-state index in [0.29, 0.717) is 5.92 Å². The van der Waals surface area contributed by atoms with Crippen molar-refractivity contribution in [2.75, 3.05) is 0 Å². The van der Waals surface area contributed by atoms with Crippen LogP contribution in [-0.4, -0.2) is 10.7 Å². The number of hydrogen-bond donors (Lipinski definition) is 1. The summed E-state index contributed by atoms with van der Waals surface area (Å²) in [5.41, 5.74) is -0.256. The molecule has 2 fully saturated rings. The van der Waals surface area contributed by atoms with E-state index in [-0.39, 0.29) is 5.60 Å². The lowest BCUT2D eigenvalue weighted by Gasteiger charge is -2.49. The van der Waals surface area contributed by atoms with Gasteiger partial charge in [-0.1, -0.05) is 26.7 Å². The van der Waals surface area contributed by atoms with Gasteiger partial charge >= 0.3 is 0 Å². The molecule has 76 valence electrons. The van der Waals surface area contributed by atoms with Crippen LogP contribution in [0.5, 0.6) is 0 Å². The molecule has 2 saturated carbocycles. The van der Waals surface area contributed by atoms with Gasteiger partial charge in [0.05, 0.1) is 5.60 Å². The fraction of sp³-hybridized carbons (Fsp3) is 1.00. The van der Waals surface area contributed by atoms with Crippen LogP contribution < -0.4 is 0 Å². The van der Waals surface area contributed by atoms with Crippen LogP contribution in [0.4, 0.5) is 0 Å². The standard InChI is InChI=1S/C12H22O/c1-9-4-3-5-11(6-9)12(13)7-10(2)8-12/h9-11,13H,3-8H2,1-2H3.